The SMILES string of the molecule is O=C(NCc1nc2ccccc2[nH]1)c1cc(Cl)ccn1. The lowest BCUT2D eigenvalue weighted by Crippen LogP contribution is -2.24. The van der Waals surface area contributed by atoms with Crippen molar-refractivity contribution in [3.05, 3.63) is 59.1 Å². The Morgan fingerprint density at radius 2 is 2.15 bits per heavy atom. The van der Waals surface area contributed by atoms with Crippen LogP contribution in [-0.4, -0.2) is 20.9 Å². The number of halogens is 1. The normalized spacial score (nSPS) is 10.7. The van der Waals surface area contributed by atoms with Crippen molar-refractivity contribution < 1.29 is 4.79 Å². The van der Waals surface area contributed by atoms with Crippen molar-refractivity contribution in [2.24, 2.45) is 0 Å². The van der Waals surface area contributed by atoms with Gasteiger partial charge in [0.2, 0.25) is 0 Å². The van der Waals surface area contributed by atoms with E-state index >= 15 is 0 Å². The molecule has 2 N–H and O–H groups in total. The molecule has 0 atom stereocenters. The summed E-state index contributed by atoms with van der Waals surface area (Å²) in [6.07, 6.45) is 1.50. The lowest BCUT2D eigenvalue weighted by atomic mass is 10.3. The predicted molar refractivity (Wildman–Crippen MR) is 76.5 cm³/mol. The van der Waals surface area contributed by atoms with Gasteiger partial charge in [-0.05, 0) is 24.3 Å². The Hall–Kier alpha value is -2.40. The van der Waals surface area contributed by atoms with Crippen LogP contribution in [0.2, 0.25) is 5.02 Å². The van der Waals surface area contributed by atoms with Gasteiger partial charge in [-0.1, -0.05) is 23.7 Å². The Labute approximate surface area is 120 Å². The van der Waals surface area contributed by atoms with Gasteiger partial charge >= 0.3 is 0 Å². The second-order valence-corrected chi connectivity index (χ2v) is 4.68. The van der Waals surface area contributed by atoms with E-state index in [4.69, 9.17) is 11.6 Å². The summed E-state index contributed by atoms with van der Waals surface area (Å²) in [7, 11) is 0. The van der Waals surface area contributed by atoms with Gasteiger partial charge in [0.1, 0.15) is 11.5 Å². The molecule has 0 saturated heterocycles. The minimum atomic E-state index is -0.284. The number of carbonyl (C=O) groups is 1. The molecule has 3 aromatic rings. The van der Waals surface area contributed by atoms with Gasteiger partial charge in [0.05, 0.1) is 17.6 Å². The average Bonchev–Trinajstić information content (AvgIpc) is 2.87. The molecule has 100 valence electrons. The number of aromatic nitrogens is 3. The Morgan fingerprint density at radius 3 is 2.95 bits per heavy atom. The number of fused-ring (bicyclic) bond motifs is 1. The van der Waals surface area contributed by atoms with Crippen molar-refractivity contribution in [3.8, 4) is 0 Å². The lowest BCUT2D eigenvalue weighted by molar-refractivity contribution is 0.0945. The highest BCUT2D eigenvalue weighted by atomic mass is 35.5. The van der Waals surface area contributed by atoms with Crippen LogP contribution >= 0.6 is 11.6 Å². The van der Waals surface area contributed by atoms with Gasteiger partial charge in [0.25, 0.3) is 5.91 Å². The Morgan fingerprint density at radius 1 is 1.30 bits per heavy atom. The third-order valence-electron chi connectivity index (χ3n) is 2.81. The summed E-state index contributed by atoms with van der Waals surface area (Å²) >= 11 is 5.82. The first kappa shape index (κ1) is 12.6. The van der Waals surface area contributed by atoms with E-state index in [1.54, 1.807) is 6.07 Å². The number of H-pyrrole nitrogens is 1. The van der Waals surface area contributed by atoms with E-state index in [0.29, 0.717) is 17.4 Å². The largest absolute Gasteiger partial charge is 0.343 e. The lowest BCUT2D eigenvalue weighted by Gasteiger charge is -2.02. The maximum Gasteiger partial charge on any atom is 0.270 e. The fourth-order valence-electron chi connectivity index (χ4n) is 1.87. The molecule has 1 amide bonds. The van der Waals surface area contributed by atoms with Crippen LogP contribution < -0.4 is 5.32 Å². The van der Waals surface area contributed by atoms with E-state index in [1.807, 2.05) is 24.3 Å². The van der Waals surface area contributed by atoms with Crippen LogP contribution in [-0.2, 0) is 6.54 Å². The summed E-state index contributed by atoms with van der Waals surface area (Å²) in [4.78, 5) is 23.4. The number of amides is 1. The van der Waals surface area contributed by atoms with Gasteiger partial charge in [-0.3, -0.25) is 9.78 Å². The number of hydrogen-bond donors (Lipinski definition) is 2. The van der Waals surface area contributed by atoms with E-state index in [0.717, 1.165) is 11.0 Å². The van der Waals surface area contributed by atoms with E-state index < -0.39 is 0 Å². The number of carbonyl (C=O) groups excluding carboxylic acids is 1. The fraction of sp³-hybridized carbons (Fsp3) is 0.0714. The standard InChI is InChI=1S/C14H11ClN4O/c15-9-5-6-16-12(7-9)14(20)17-8-13-18-10-3-1-2-4-11(10)19-13/h1-7H,8H2,(H,17,20)(H,18,19). The van der Waals surface area contributed by atoms with Crippen molar-refractivity contribution in [2.45, 2.75) is 6.54 Å². The molecule has 5 nitrogen and oxygen atoms in total. The molecule has 1 aromatic carbocycles. The first-order valence-electron chi connectivity index (χ1n) is 6.06. The minimum Gasteiger partial charge on any atom is -0.343 e. The molecule has 0 saturated carbocycles. The second-order valence-electron chi connectivity index (χ2n) is 4.24. The Kier molecular flexibility index (Phi) is 3.35. The number of para-hydroxylation sites is 2. The highest BCUT2D eigenvalue weighted by Crippen LogP contribution is 2.11. The van der Waals surface area contributed by atoms with Crippen LogP contribution in [0.1, 0.15) is 16.3 Å². The summed E-state index contributed by atoms with van der Waals surface area (Å²) in [6, 6.07) is 10.8. The number of pyridine rings is 1. The molecular weight excluding hydrogens is 276 g/mol. The molecule has 0 fully saturated rings. The third kappa shape index (κ3) is 2.62. The highest BCUT2D eigenvalue weighted by molar-refractivity contribution is 6.30. The van der Waals surface area contributed by atoms with Gasteiger partial charge in [-0.25, -0.2) is 4.98 Å². The molecule has 0 aliphatic rings. The second kappa shape index (κ2) is 5.30. The van der Waals surface area contributed by atoms with E-state index in [1.165, 1.54) is 12.3 Å². The molecule has 2 aromatic heterocycles. The first-order valence-corrected chi connectivity index (χ1v) is 6.43. The van der Waals surface area contributed by atoms with Gasteiger partial charge in [-0.15, -0.1) is 0 Å². The van der Waals surface area contributed by atoms with Gasteiger partial charge < -0.3 is 10.3 Å². The summed E-state index contributed by atoms with van der Waals surface area (Å²) in [5, 5.41) is 3.23. The zero-order chi connectivity index (χ0) is 13.9. The molecule has 0 radical (unpaired) electrons. The molecule has 0 spiro atoms. The van der Waals surface area contributed by atoms with Gasteiger partial charge in [0.15, 0.2) is 0 Å². The van der Waals surface area contributed by atoms with Crippen LogP contribution in [0, 0.1) is 0 Å². The Balaban J connectivity index is 1.71. The van der Waals surface area contributed by atoms with Crippen molar-refractivity contribution in [1.82, 2.24) is 20.3 Å². The predicted octanol–water partition coefficient (Wildman–Crippen LogP) is 2.54. The van der Waals surface area contributed by atoms with Crippen LogP contribution in [0.5, 0.6) is 0 Å². The van der Waals surface area contributed by atoms with Crippen molar-refractivity contribution in [2.75, 3.05) is 0 Å². The molecule has 0 aliphatic carbocycles. The number of nitrogens with zero attached hydrogens (tertiary/aromatic N) is 2. The maximum atomic E-state index is 11.9. The van der Waals surface area contributed by atoms with Crippen LogP contribution in [0.4, 0.5) is 0 Å². The molecule has 0 aliphatic heterocycles. The van der Waals surface area contributed by atoms with Crippen LogP contribution in [0.15, 0.2) is 42.6 Å². The fourth-order valence-corrected chi connectivity index (χ4v) is 2.03. The van der Waals surface area contributed by atoms with E-state index in [9.17, 15) is 4.79 Å². The number of nitrogens with one attached hydrogen (secondary N) is 2. The quantitative estimate of drug-likeness (QED) is 0.777. The van der Waals surface area contributed by atoms with Crippen LogP contribution in [0.25, 0.3) is 11.0 Å². The smallest absolute Gasteiger partial charge is 0.270 e. The summed E-state index contributed by atoms with van der Waals surface area (Å²) in [5.74, 6) is 0.412. The first-order chi connectivity index (χ1) is 9.72. The summed E-state index contributed by atoms with van der Waals surface area (Å²) < 4.78 is 0. The zero-order valence-electron chi connectivity index (χ0n) is 10.4. The van der Waals surface area contributed by atoms with Crippen LogP contribution in [0.3, 0.4) is 0 Å². The monoisotopic (exact) mass is 286 g/mol. The van der Waals surface area contributed by atoms with Crippen molar-refractivity contribution in [3.63, 3.8) is 0 Å². The van der Waals surface area contributed by atoms with E-state index in [2.05, 4.69) is 20.3 Å². The van der Waals surface area contributed by atoms with E-state index in [-0.39, 0.29) is 11.6 Å². The molecule has 20 heavy (non-hydrogen) atoms. The van der Waals surface area contributed by atoms with Crippen molar-refractivity contribution >= 4 is 28.5 Å². The molecular formula is C14H11ClN4O. The maximum absolute atomic E-state index is 11.9. The van der Waals surface area contributed by atoms with Gasteiger partial charge in [-0.2, -0.15) is 0 Å². The molecule has 0 bridgehead atoms. The summed E-state index contributed by atoms with van der Waals surface area (Å²) in [6.45, 7) is 0.307. The number of hydrogen-bond acceptors (Lipinski definition) is 3. The third-order valence-corrected chi connectivity index (χ3v) is 3.04. The number of benzene rings is 1. The van der Waals surface area contributed by atoms with Crippen molar-refractivity contribution in [1.29, 1.82) is 0 Å². The topological polar surface area (TPSA) is 70.7 Å². The number of aromatic amines is 1. The molecule has 6 heteroatoms. The zero-order valence-corrected chi connectivity index (χ0v) is 11.2. The molecule has 2 heterocycles. The highest BCUT2D eigenvalue weighted by Gasteiger charge is 2.08. The average molecular weight is 287 g/mol. The minimum absolute atomic E-state index is 0.284. The summed E-state index contributed by atoms with van der Waals surface area (Å²) in [5.41, 5.74) is 2.10. The Bertz CT molecular complexity index is 735. The molecule has 3 rings (SSSR count). The number of rotatable bonds is 3. The number of imidazole rings is 1. The van der Waals surface area contributed by atoms with Gasteiger partial charge in [0, 0.05) is 11.2 Å². The molecule has 0 unspecified atom stereocenters.